The first-order chi connectivity index (χ1) is 13.7. The van der Waals surface area contributed by atoms with Gasteiger partial charge in [-0.05, 0) is 56.7 Å². The lowest BCUT2D eigenvalue weighted by molar-refractivity contribution is 0.340. The van der Waals surface area contributed by atoms with Crippen LogP contribution in [0.5, 0.6) is 0 Å². The molecule has 1 aromatic heterocycles. The number of aryl methyl sites for hydroxylation is 1. The van der Waals surface area contributed by atoms with Crippen molar-refractivity contribution in [2.24, 2.45) is 0 Å². The smallest absolute Gasteiger partial charge is 0.245 e. The topological polar surface area (TPSA) is 42.3 Å². The van der Waals surface area contributed by atoms with E-state index in [-0.39, 0.29) is 22.5 Å². The lowest BCUT2D eigenvalue weighted by atomic mass is 10.1. The zero-order valence-electron chi connectivity index (χ0n) is 16.6. The van der Waals surface area contributed by atoms with Gasteiger partial charge in [-0.2, -0.15) is 4.31 Å². The Morgan fingerprint density at radius 3 is 2.48 bits per heavy atom. The molecule has 0 radical (unpaired) electrons. The molecule has 7 heteroatoms. The first kappa shape index (κ1) is 21.9. The van der Waals surface area contributed by atoms with Crippen molar-refractivity contribution in [2.45, 2.75) is 44.8 Å². The molecule has 29 heavy (non-hydrogen) atoms. The normalized spacial score (nSPS) is 12.1. The number of benzene rings is 2. The van der Waals surface area contributed by atoms with Gasteiger partial charge < -0.3 is 4.57 Å². The molecule has 0 bridgehead atoms. The predicted molar refractivity (Wildman–Crippen MR) is 119 cm³/mol. The summed E-state index contributed by atoms with van der Waals surface area (Å²) in [4.78, 5) is 0.0251. The van der Waals surface area contributed by atoms with E-state index < -0.39 is 10.0 Å². The number of aromatic nitrogens is 1. The van der Waals surface area contributed by atoms with Gasteiger partial charge in [0.2, 0.25) is 10.0 Å². The predicted octanol–water partition coefficient (Wildman–Crippen LogP) is 5.75. The molecule has 0 saturated carbocycles. The van der Waals surface area contributed by atoms with Crippen LogP contribution in [-0.2, 0) is 23.1 Å². The molecule has 3 rings (SSSR count). The molecule has 1 heterocycles. The Morgan fingerprint density at radius 1 is 1.03 bits per heavy atom. The van der Waals surface area contributed by atoms with Gasteiger partial charge in [0.05, 0.1) is 11.6 Å². The van der Waals surface area contributed by atoms with Crippen LogP contribution in [0.3, 0.4) is 0 Å². The van der Waals surface area contributed by atoms with E-state index >= 15 is 0 Å². The van der Waals surface area contributed by atoms with E-state index in [4.69, 9.17) is 23.2 Å². The van der Waals surface area contributed by atoms with Crippen LogP contribution in [0.25, 0.3) is 0 Å². The highest BCUT2D eigenvalue weighted by molar-refractivity contribution is 7.89. The third-order valence-electron chi connectivity index (χ3n) is 4.73. The van der Waals surface area contributed by atoms with Crippen LogP contribution in [0.2, 0.25) is 10.0 Å². The minimum Gasteiger partial charge on any atom is -0.346 e. The highest BCUT2D eigenvalue weighted by Crippen LogP contribution is 2.30. The Morgan fingerprint density at radius 2 is 1.79 bits per heavy atom. The van der Waals surface area contributed by atoms with Gasteiger partial charge in [-0.25, -0.2) is 8.42 Å². The van der Waals surface area contributed by atoms with Crippen LogP contribution in [0.15, 0.2) is 65.7 Å². The summed E-state index contributed by atoms with van der Waals surface area (Å²) in [6, 6.07) is 16.4. The SMILES string of the molecule is Cc1cccc(Cn2cccc2CN(C(C)C)S(=O)(=O)c2cc(Cl)ccc2Cl)c1. The summed E-state index contributed by atoms with van der Waals surface area (Å²) in [7, 11) is -3.82. The van der Waals surface area contributed by atoms with E-state index in [2.05, 4.69) is 29.7 Å². The summed E-state index contributed by atoms with van der Waals surface area (Å²) >= 11 is 12.2. The highest BCUT2D eigenvalue weighted by Gasteiger charge is 2.30. The van der Waals surface area contributed by atoms with Gasteiger partial charge in [-0.1, -0.05) is 53.0 Å². The van der Waals surface area contributed by atoms with E-state index in [1.54, 1.807) is 6.07 Å². The van der Waals surface area contributed by atoms with Crippen LogP contribution in [0.1, 0.15) is 30.7 Å². The second-order valence-electron chi connectivity index (χ2n) is 7.34. The molecule has 0 amide bonds. The second-order valence-corrected chi connectivity index (χ2v) is 10.0. The van der Waals surface area contributed by atoms with E-state index in [1.807, 2.05) is 38.2 Å². The Labute approximate surface area is 182 Å². The molecule has 0 saturated heterocycles. The van der Waals surface area contributed by atoms with Crippen molar-refractivity contribution in [1.82, 2.24) is 8.87 Å². The Balaban J connectivity index is 1.93. The number of sulfonamides is 1. The molecule has 3 aromatic rings. The molecule has 0 aliphatic carbocycles. The zero-order valence-corrected chi connectivity index (χ0v) is 19.0. The van der Waals surface area contributed by atoms with E-state index in [9.17, 15) is 8.42 Å². The fourth-order valence-corrected chi connectivity index (χ4v) is 5.61. The number of halogens is 2. The van der Waals surface area contributed by atoms with Crippen molar-refractivity contribution in [3.8, 4) is 0 Å². The first-order valence-corrected chi connectivity index (χ1v) is 11.5. The number of nitrogens with zero attached hydrogens (tertiary/aromatic N) is 2. The fourth-order valence-electron chi connectivity index (χ4n) is 3.26. The van der Waals surface area contributed by atoms with Gasteiger partial charge in [0.1, 0.15) is 4.90 Å². The van der Waals surface area contributed by atoms with Crippen LogP contribution >= 0.6 is 23.2 Å². The molecule has 0 fully saturated rings. The Bertz CT molecular complexity index is 1110. The van der Waals surface area contributed by atoms with E-state index in [1.165, 1.54) is 27.6 Å². The van der Waals surface area contributed by atoms with E-state index in [0.717, 1.165) is 5.69 Å². The molecule has 0 aliphatic heterocycles. The van der Waals surface area contributed by atoms with Crippen molar-refractivity contribution in [3.63, 3.8) is 0 Å². The van der Waals surface area contributed by atoms with Crippen molar-refractivity contribution >= 4 is 33.2 Å². The van der Waals surface area contributed by atoms with Crippen molar-refractivity contribution < 1.29 is 8.42 Å². The van der Waals surface area contributed by atoms with Crippen molar-refractivity contribution in [2.75, 3.05) is 0 Å². The molecule has 0 spiro atoms. The molecule has 4 nitrogen and oxygen atoms in total. The van der Waals surface area contributed by atoms with Gasteiger partial charge in [-0.15, -0.1) is 0 Å². The molecule has 154 valence electrons. The monoisotopic (exact) mass is 450 g/mol. The Kier molecular flexibility index (Phi) is 6.74. The standard InChI is InChI=1S/C22H24Cl2N2O2S/c1-16(2)26(29(27,28)22-13-19(23)9-10-21(22)24)15-20-8-5-11-25(20)14-18-7-4-6-17(3)12-18/h4-13,16H,14-15H2,1-3H3. The van der Waals surface area contributed by atoms with E-state index in [0.29, 0.717) is 11.6 Å². The van der Waals surface area contributed by atoms with Crippen LogP contribution < -0.4 is 0 Å². The maximum Gasteiger partial charge on any atom is 0.245 e. The van der Waals surface area contributed by atoms with Crippen molar-refractivity contribution in [3.05, 3.63) is 87.7 Å². The number of hydrogen-bond acceptors (Lipinski definition) is 2. The summed E-state index contributed by atoms with van der Waals surface area (Å²) in [6.45, 7) is 6.67. The van der Waals surface area contributed by atoms with Gasteiger partial charge >= 0.3 is 0 Å². The lowest BCUT2D eigenvalue weighted by Gasteiger charge is -2.27. The summed E-state index contributed by atoms with van der Waals surface area (Å²) in [5.41, 5.74) is 3.26. The molecule has 0 N–H and O–H groups in total. The fraction of sp³-hybridized carbons (Fsp3) is 0.273. The highest BCUT2D eigenvalue weighted by atomic mass is 35.5. The summed E-state index contributed by atoms with van der Waals surface area (Å²) in [5, 5.41) is 0.495. The second kappa shape index (κ2) is 8.92. The quantitative estimate of drug-likeness (QED) is 0.459. The molecule has 0 atom stereocenters. The Hall–Kier alpha value is -1.79. The summed E-state index contributed by atoms with van der Waals surface area (Å²) in [6.07, 6.45) is 1.97. The van der Waals surface area contributed by atoms with Crippen molar-refractivity contribution in [1.29, 1.82) is 0 Å². The largest absolute Gasteiger partial charge is 0.346 e. The van der Waals surface area contributed by atoms with Crippen LogP contribution in [-0.4, -0.2) is 23.3 Å². The van der Waals surface area contributed by atoms with Gasteiger partial charge in [0.25, 0.3) is 0 Å². The molecular formula is C22H24Cl2N2O2S. The maximum absolute atomic E-state index is 13.4. The molecule has 2 aromatic carbocycles. The van der Waals surface area contributed by atoms with Gasteiger partial charge in [-0.3, -0.25) is 0 Å². The lowest BCUT2D eigenvalue weighted by Crippen LogP contribution is -2.37. The summed E-state index contributed by atoms with van der Waals surface area (Å²) in [5.74, 6) is 0. The molecular weight excluding hydrogens is 427 g/mol. The minimum atomic E-state index is -3.82. The third kappa shape index (κ3) is 5.04. The van der Waals surface area contributed by atoms with Gasteiger partial charge in [0, 0.05) is 29.5 Å². The number of rotatable bonds is 7. The van der Waals surface area contributed by atoms with Gasteiger partial charge in [0.15, 0.2) is 0 Å². The van der Waals surface area contributed by atoms with Crippen LogP contribution in [0.4, 0.5) is 0 Å². The van der Waals surface area contributed by atoms with Crippen LogP contribution in [0, 0.1) is 6.92 Å². The number of hydrogen-bond donors (Lipinski definition) is 0. The average molecular weight is 451 g/mol. The third-order valence-corrected chi connectivity index (χ3v) is 7.47. The average Bonchev–Trinajstić information content (AvgIpc) is 3.08. The zero-order chi connectivity index (χ0) is 21.2. The molecule has 0 aliphatic rings. The molecule has 0 unspecified atom stereocenters. The minimum absolute atomic E-state index is 0.0251. The summed E-state index contributed by atoms with van der Waals surface area (Å²) < 4.78 is 30.2. The first-order valence-electron chi connectivity index (χ1n) is 9.35. The maximum atomic E-state index is 13.4.